The van der Waals surface area contributed by atoms with Gasteiger partial charge in [0.15, 0.2) is 0 Å². The second-order valence-corrected chi connectivity index (χ2v) is 5.75. The molecule has 0 aliphatic carbocycles. The second-order valence-electron chi connectivity index (χ2n) is 5.41. The first-order valence-corrected chi connectivity index (χ1v) is 5.26. The molecule has 4 heteroatoms. The van der Waals surface area contributed by atoms with Crippen LogP contribution in [0, 0.1) is 5.92 Å². The summed E-state index contributed by atoms with van der Waals surface area (Å²) in [5.41, 5.74) is 5.00. The van der Waals surface area contributed by atoms with Gasteiger partial charge >= 0.3 is 0 Å². The predicted molar refractivity (Wildman–Crippen MR) is 57.8 cm³/mol. The number of hydrogen-bond acceptors (Lipinski definition) is 2. The van der Waals surface area contributed by atoms with Gasteiger partial charge in [0, 0.05) is 17.0 Å². The van der Waals surface area contributed by atoms with E-state index in [0.717, 1.165) is 12.8 Å². The number of carbonyl (C=O) groups is 1. The van der Waals surface area contributed by atoms with E-state index >= 15 is 0 Å². The average Bonchev–Trinajstić information content (AvgIpc) is 1.98. The summed E-state index contributed by atoms with van der Waals surface area (Å²) in [4.78, 5) is 11.2. The van der Waals surface area contributed by atoms with Crippen LogP contribution < -0.4 is 5.73 Å². The predicted octanol–water partition coefficient (Wildman–Crippen LogP) is 1.89. The molecule has 2 N–H and O–H groups in total. The quantitative estimate of drug-likeness (QED) is 0.684. The summed E-state index contributed by atoms with van der Waals surface area (Å²) in [7, 11) is 0. The lowest BCUT2D eigenvalue weighted by atomic mass is 9.75. The molecule has 1 aliphatic heterocycles. The maximum Gasteiger partial charge on any atom is 0.220 e. The Kier molecular flexibility index (Phi) is 2.85. The number of primary amides is 1. The van der Waals surface area contributed by atoms with Gasteiger partial charge in [-0.3, -0.25) is 4.79 Å². The van der Waals surface area contributed by atoms with Crippen molar-refractivity contribution in [3.05, 3.63) is 0 Å². The molecule has 3 nitrogen and oxygen atoms in total. The Morgan fingerprint density at radius 1 is 1.29 bits per heavy atom. The zero-order valence-corrected chi connectivity index (χ0v) is 10.1. The summed E-state index contributed by atoms with van der Waals surface area (Å²) in [5, 5.41) is 0. The van der Waals surface area contributed by atoms with Crippen molar-refractivity contribution in [2.75, 3.05) is 0 Å². The largest absolute Gasteiger partial charge is 0.369 e. The fourth-order valence-corrected chi connectivity index (χ4v) is 2.60. The van der Waals surface area contributed by atoms with Crippen molar-refractivity contribution in [1.82, 2.24) is 4.42 Å². The molecule has 0 spiro atoms. The molecule has 1 fully saturated rings. The molecule has 0 radical (unpaired) electrons. The fraction of sp³-hybridized carbons (Fsp3) is 0.900. The molecule has 0 bridgehead atoms. The molecule has 0 atom stereocenters. The van der Waals surface area contributed by atoms with Gasteiger partial charge in [-0.15, -0.1) is 0 Å². The molecule has 82 valence electrons. The van der Waals surface area contributed by atoms with Gasteiger partial charge in [0.2, 0.25) is 5.91 Å². The van der Waals surface area contributed by atoms with Crippen LogP contribution in [0.1, 0.15) is 40.5 Å². The van der Waals surface area contributed by atoms with E-state index in [4.69, 9.17) is 17.5 Å². The third-order valence-electron chi connectivity index (χ3n) is 2.96. The first-order valence-electron chi connectivity index (χ1n) is 4.92. The molecular formula is C10H19ClN2O. The smallest absolute Gasteiger partial charge is 0.220 e. The van der Waals surface area contributed by atoms with Gasteiger partial charge in [0.1, 0.15) is 0 Å². The molecular weight excluding hydrogens is 200 g/mol. The monoisotopic (exact) mass is 218 g/mol. The summed E-state index contributed by atoms with van der Waals surface area (Å²) in [5.74, 6) is -0.272. The van der Waals surface area contributed by atoms with E-state index < -0.39 is 0 Å². The van der Waals surface area contributed by atoms with Crippen molar-refractivity contribution in [3.8, 4) is 0 Å². The minimum atomic E-state index is -0.212. The molecule has 0 saturated carbocycles. The molecule has 1 heterocycles. The van der Waals surface area contributed by atoms with Crippen molar-refractivity contribution in [1.29, 1.82) is 0 Å². The van der Waals surface area contributed by atoms with Crippen LogP contribution in [-0.4, -0.2) is 21.4 Å². The zero-order valence-electron chi connectivity index (χ0n) is 9.30. The van der Waals surface area contributed by atoms with E-state index in [1.165, 1.54) is 0 Å². The molecule has 1 rings (SSSR count). The number of piperidine rings is 1. The van der Waals surface area contributed by atoms with Gasteiger partial charge in [-0.1, -0.05) is 0 Å². The molecule has 14 heavy (non-hydrogen) atoms. The highest BCUT2D eigenvalue weighted by atomic mass is 35.5. The Balaban J connectivity index is 2.91. The Bertz CT molecular complexity index is 233. The second kappa shape index (κ2) is 3.38. The summed E-state index contributed by atoms with van der Waals surface area (Å²) in [6.07, 6.45) is 1.46. The lowest BCUT2D eigenvalue weighted by Gasteiger charge is -2.50. The van der Waals surface area contributed by atoms with E-state index in [1.54, 1.807) is 0 Å². The van der Waals surface area contributed by atoms with Crippen LogP contribution in [-0.2, 0) is 4.79 Å². The van der Waals surface area contributed by atoms with Crippen molar-refractivity contribution in [3.63, 3.8) is 0 Å². The first-order chi connectivity index (χ1) is 6.17. The standard InChI is InChI=1S/C10H19ClN2O/c1-9(2)5-7(8(12)14)6-10(3,4)13(9)11/h7H,5-6H2,1-4H3,(H2,12,14). The van der Waals surface area contributed by atoms with Gasteiger partial charge in [-0.2, -0.15) is 0 Å². The number of rotatable bonds is 1. The van der Waals surface area contributed by atoms with Crippen molar-refractivity contribution >= 4 is 17.7 Å². The number of hydrogen-bond donors (Lipinski definition) is 1. The van der Waals surface area contributed by atoms with Crippen LogP contribution in [0.2, 0.25) is 0 Å². The van der Waals surface area contributed by atoms with Crippen molar-refractivity contribution < 1.29 is 4.79 Å². The van der Waals surface area contributed by atoms with E-state index in [0.29, 0.717) is 0 Å². The van der Waals surface area contributed by atoms with Crippen molar-refractivity contribution in [2.24, 2.45) is 11.7 Å². The molecule has 1 amide bonds. The first kappa shape index (κ1) is 11.8. The van der Waals surface area contributed by atoms with E-state index in [2.05, 4.69) is 0 Å². The van der Waals surface area contributed by atoms with Crippen LogP contribution in [0.15, 0.2) is 0 Å². The highest BCUT2D eigenvalue weighted by Gasteiger charge is 2.46. The molecule has 0 unspecified atom stereocenters. The topological polar surface area (TPSA) is 46.3 Å². The van der Waals surface area contributed by atoms with Gasteiger partial charge in [-0.05, 0) is 52.3 Å². The van der Waals surface area contributed by atoms with Gasteiger partial charge < -0.3 is 5.73 Å². The molecule has 0 aromatic rings. The summed E-state index contributed by atoms with van der Waals surface area (Å²) < 4.78 is 1.82. The summed E-state index contributed by atoms with van der Waals surface area (Å²) in [6.45, 7) is 8.15. The lowest BCUT2D eigenvalue weighted by molar-refractivity contribution is -0.126. The Morgan fingerprint density at radius 3 is 1.93 bits per heavy atom. The number of carbonyl (C=O) groups excluding carboxylic acids is 1. The Morgan fingerprint density at radius 2 is 1.64 bits per heavy atom. The molecule has 0 aromatic heterocycles. The van der Waals surface area contributed by atoms with Gasteiger partial charge in [0.25, 0.3) is 0 Å². The lowest BCUT2D eigenvalue weighted by Crippen LogP contribution is -2.57. The summed E-state index contributed by atoms with van der Waals surface area (Å²) >= 11 is 6.25. The summed E-state index contributed by atoms with van der Waals surface area (Å²) in [6, 6.07) is 0. The van der Waals surface area contributed by atoms with Crippen LogP contribution in [0.5, 0.6) is 0 Å². The number of halogens is 1. The van der Waals surface area contributed by atoms with Crippen LogP contribution in [0.3, 0.4) is 0 Å². The number of nitrogens with zero attached hydrogens (tertiary/aromatic N) is 1. The maximum atomic E-state index is 11.2. The minimum Gasteiger partial charge on any atom is -0.369 e. The molecule has 1 aliphatic rings. The van der Waals surface area contributed by atoms with Crippen LogP contribution >= 0.6 is 11.8 Å². The Labute approximate surface area is 90.7 Å². The average molecular weight is 219 g/mol. The zero-order chi connectivity index (χ0) is 11.1. The third kappa shape index (κ3) is 2.04. The normalized spacial score (nSPS) is 27.5. The highest BCUT2D eigenvalue weighted by molar-refractivity contribution is 6.14. The van der Waals surface area contributed by atoms with Crippen LogP contribution in [0.4, 0.5) is 0 Å². The van der Waals surface area contributed by atoms with Crippen LogP contribution in [0.25, 0.3) is 0 Å². The molecule has 1 saturated heterocycles. The van der Waals surface area contributed by atoms with Gasteiger partial charge in [-0.25, -0.2) is 4.42 Å². The third-order valence-corrected chi connectivity index (χ3v) is 3.87. The molecule has 0 aromatic carbocycles. The van der Waals surface area contributed by atoms with E-state index in [-0.39, 0.29) is 22.9 Å². The number of amides is 1. The van der Waals surface area contributed by atoms with E-state index in [1.807, 2.05) is 32.1 Å². The van der Waals surface area contributed by atoms with Crippen molar-refractivity contribution in [2.45, 2.75) is 51.6 Å². The number of nitrogens with two attached hydrogens (primary N) is 1. The fourth-order valence-electron chi connectivity index (χ4n) is 2.46. The van der Waals surface area contributed by atoms with E-state index in [9.17, 15) is 4.79 Å². The van der Waals surface area contributed by atoms with Gasteiger partial charge in [0.05, 0.1) is 0 Å². The highest BCUT2D eigenvalue weighted by Crippen LogP contribution is 2.42. The maximum absolute atomic E-state index is 11.2. The SMILES string of the molecule is CC1(C)CC(C(N)=O)CC(C)(C)N1Cl. The Hall–Kier alpha value is -0.280. The minimum absolute atomic E-state index is 0.0602.